The highest BCUT2D eigenvalue weighted by atomic mass is 32.2. The second-order valence-corrected chi connectivity index (χ2v) is 7.85. The first kappa shape index (κ1) is 18.4. The van der Waals surface area contributed by atoms with Gasteiger partial charge < -0.3 is 4.74 Å². The lowest BCUT2D eigenvalue weighted by Crippen LogP contribution is -2.34. The molecule has 0 radical (unpaired) electrons. The van der Waals surface area contributed by atoms with Crippen LogP contribution in [0.25, 0.3) is 0 Å². The van der Waals surface area contributed by atoms with Gasteiger partial charge in [0.2, 0.25) is 0 Å². The molecule has 0 unspecified atom stereocenters. The van der Waals surface area contributed by atoms with Crippen molar-refractivity contribution in [1.82, 2.24) is 5.48 Å². The number of carbonyl (C=O) groups excluding carboxylic acids is 1. The first-order chi connectivity index (χ1) is 9.92. The molecule has 0 saturated heterocycles. The molecular formula is C15H23NO5S. The third-order valence-corrected chi connectivity index (χ3v) is 3.90. The number of carbonyl (C=O) groups is 1. The number of ether oxygens (including phenoxy) is 1. The molecule has 0 spiro atoms. The summed E-state index contributed by atoms with van der Waals surface area (Å²) in [5, 5.41) is 0. The Morgan fingerprint density at radius 2 is 1.82 bits per heavy atom. The highest BCUT2D eigenvalue weighted by Crippen LogP contribution is 2.26. The summed E-state index contributed by atoms with van der Waals surface area (Å²) in [5.41, 5.74) is 2.64. The van der Waals surface area contributed by atoms with Crippen molar-refractivity contribution in [2.45, 2.75) is 58.0 Å². The van der Waals surface area contributed by atoms with Crippen molar-refractivity contribution < 1.29 is 22.2 Å². The Hall–Kier alpha value is -1.60. The summed E-state index contributed by atoms with van der Waals surface area (Å²) >= 11 is 0. The number of nitrogens with one attached hydrogen (secondary N) is 1. The predicted molar refractivity (Wildman–Crippen MR) is 82.9 cm³/mol. The molecule has 1 aromatic rings. The summed E-state index contributed by atoms with van der Waals surface area (Å²) in [4.78, 5) is 11.5. The monoisotopic (exact) mass is 329 g/mol. The second-order valence-electron chi connectivity index (χ2n) is 6.34. The van der Waals surface area contributed by atoms with E-state index >= 15 is 0 Å². The molecule has 0 aliphatic carbocycles. The summed E-state index contributed by atoms with van der Waals surface area (Å²) in [6.07, 6.45) is -0.964. The number of amides is 1. The van der Waals surface area contributed by atoms with Gasteiger partial charge in [-0.05, 0) is 45.2 Å². The summed E-state index contributed by atoms with van der Waals surface area (Å²) in [6, 6.07) is 4.93. The molecule has 0 saturated carbocycles. The third kappa shape index (κ3) is 5.31. The standard InChI is InChI=1S/C15H23NO5S/c1-10(2)12-9-11(3)7-8-13(12)22(18,19)21-16-14(17)20-15(4,5)6/h7-10H,1-6H3,(H,16,17). The molecule has 22 heavy (non-hydrogen) atoms. The molecule has 0 aliphatic heterocycles. The maximum absolute atomic E-state index is 12.2. The van der Waals surface area contributed by atoms with Crippen LogP contribution < -0.4 is 5.48 Å². The van der Waals surface area contributed by atoms with Gasteiger partial charge in [-0.2, -0.15) is 13.9 Å². The zero-order valence-corrected chi connectivity index (χ0v) is 14.6. The van der Waals surface area contributed by atoms with E-state index in [0.717, 1.165) is 5.56 Å². The van der Waals surface area contributed by atoms with E-state index in [4.69, 9.17) is 4.74 Å². The first-order valence-corrected chi connectivity index (χ1v) is 8.36. The van der Waals surface area contributed by atoms with Gasteiger partial charge in [-0.25, -0.2) is 4.79 Å². The van der Waals surface area contributed by atoms with E-state index in [1.54, 1.807) is 32.9 Å². The SMILES string of the molecule is Cc1ccc(S(=O)(=O)ONC(=O)OC(C)(C)C)c(C(C)C)c1. The molecule has 0 aliphatic rings. The van der Waals surface area contributed by atoms with Crippen molar-refractivity contribution in [1.29, 1.82) is 0 Å². The van der Waals surface area contributed by atoms with Gasteiger partial charge >= 0.3 is 16.2 Å². The molecule has 0 bridgehead atoms. The van der Waals surface area contributed by atoms with Crippen LogP contribution in [0.3, 0.4) is 0 Å². The second kappa shape index (κ2) is 6.66. The van der Waals surface area contributed by atoms with Crippen LogP contribution in [0.4, 0.5) is 4.79 Å². The summed E-state index contributed by atoms with van der Waals surface area (Å²) in [6.45, 7) is 10.6. The predicted octanol–water partition coefficient (Wildman–Crippen LogP) is 3.26. The Bertz CT molecular complexity index is 644. The van der Waals surface area contributed by atoms with Crippen LogP contribution in [-0.2, 0) is 19.1 Å². The first-order valence-electron chi connectivity index (χ1n) is 6.95. The number of rotatable bonds is 4. The van der Waals surface area contributed by atoms with Crippen molar-refractivity contribution in [2.75, 3.05) is 0 Å². The maximum Gasteiger partial charge on any atom is 0.432 e. The van der Waals surface area contributed by atoms with Gasteiger partial charge in [0.15, 0.2) is 0 Å². The zero-order chi connectivity index (χ0) is 17.1. The molecule has 1 amide bonds. The fraction of sp³-hybridized carbons (Fsp3) is 0.533. The van der Waals surface area contributed by atoms with Crippen molar-refractivity contribution in [3.05, 3.63) is 29.3 Å². The van der Waals surface area contributed by atoms with Crippen LogP contribution in [0.2, 0.25) is 0 Å². The van der Waals surface area contributed by atoms with E-state index in [1.807, 2.05) is 26.3 Å². The number of benzene rings is 1. The average molecular weight is 329 g/mol. The average Bonchev–Trinajstić information content (AvgIpc) is 2.34. The molecule has 6 nitrogen and oxygen atoms in total. The van der Waals surface area contributed by atoms with E-state index in [0.29, 0.717) is 5.56 Å². The molecule has 0 aromatic heterocycles. The van der Waals surface area contributed by atoms with Crippen molar-refractivity contribution in [3.8, 4) is 0 Å². The van der Waals surface area contributed by atoms with Gasteiger partial charge in [-0.15, -0.1) is 4.28 Å². The van der Waals surface area contributed by atoms with E-state index < -0.39 is 21.8 Å². The zero-order valence-electron chi connectivity index (χ0n) is 13.8. The highest BCUT2D eigenvalue weighted by molar-refractivity contribution is 7.86. The number of hydrogen-bond acceptors (Lipinski definition) is 5. The third-order valence-electron chi connectivity index (χ3n) is 2.69. The topological polar surface area (TPSA) is 81.7 Å². The van der Waals surface area contributed by atoms with Gasteiger partial charge in [-0.3, -0.25) is 0 Å². The van der Waals surface area contributed by atoms with Crippen LogP contribution in [0.5, 0.6) is 0 Å². The number of hydroxylamine groups is 1. The highest BCUT2D eigenvalue weighted by Gasteiger charge is 2.24. The molecule has 1 aromatic carbocycles. The Morgan fingerprint density at radius 1 is 1.23 bits per heavy atom. The molecule has 0 fully saturated rings. The largest absolute Gasteiger partial charge is 0.442 e. The van der Waals surface area contributed by atoms with Crippen LogP contribution in [0.1, 0.15) is 51.7 Å². The van der Waals surface area contributed by atoms with E-state index in [2.05, 4.69) is 4.28 Å². The minimum atomic E-state index is -4.12. The van der Waals surface area contributed by atoms with Crippen molar-refractivity contribution in [2.24, 2.45) is 0 Å². The smallest absolute Gasteiger partial charge is 0.432 e. The lowest BCUT2D eigenvalue weighted by molar-refractivity contribution is 0.0298. The van der Waals surface area contributed by atoms with Gasteiger partial charge in [0, 0.05) is 0 Å². The van der Waals surface area contributed by atoms with Gasteiger partial charge in [0.25, 0.3) is 0 Å². The molecular weight excluding hydrogens is 306 g/mol. The fourth-order valence-electron chi connectivity index (χ4n) is 1.78. The summed E-state index contributed by atoms with van der Waals surface area (Å²) in [5.74, 6) is -0.00481. The molecule has 1 N–H and O–H groups in total. The van der Waals surface area contributed by atoms with Crippen LogP contribution in [-0.4, -0.2) is 20.1 Å². The molecule has 0 heterocycles. The van der Waals surface area contributed by atoms with Gasteiger partial charge in [0.05, 0.1) is 4.90 Å². The summed E-state index contributed by atoms with van der Waals surface area (Å²) < 4.78 is 34.0. The van der Waals surface area contributed by atoms with Crippen LogP contribution >= 0.6 is 0 Å². The minimum Gasteiger partial charge on any atom is -0.442 e. The molecule has 7 heteroatoms. The van der Waals surface area contributed by atoms with E-state index in [1.165, 1.54) is 6.07 Å². The van der Waals surface area contributed by atoms with Gasteiger partial charge in [-0.1, -0.05) is 31.5 Å². The molecule has 0 atom stereocenters. The van der Waals surface area contributed by atoms with Crippen molar-refractivity contribution in [3.63, 3.8) is 0 Å². The van der Waals surface area contributed by atoms with Crippen LogP contribution in [0, 0.1) is 6.92 Å². The lowest BCUT2D eigenvalue weighted by Gasteiger charge is -2.19. The van der Waals surface area contributed by atoms with Crippen molar-refractivity contribution >= 4 is 16.2 Å². The Labute approximate surface area is 131 Å². The van der Waals surface area contributed by atoms with E-state index in [9.17, 15) is 13.2 Å². The van der Waals surface area contributed by atoms with Crippen LogP contribution in [0.15, 0.2) is 23.1 Å². The number of hydrogen-bond donors (Lipinski definition) is 1. The molecule has 1 rings (SSSR count). The normalized spacial score (nSPS) is 12.3. The molecule has 124 valence electrons. The fourth-order valence-corrected chi connectivity index (χ4v) is 2.86. The quantitative estimate of drug-likeness (QED) is 0.857. The van der Waals surface area contributed by atoms with E-state index in [-0.39, 0.29) is 10.8 Å². The Morgan fingerprint density at radius 3 is 2.32 bits per heavy atom. The maximum atomic E-state index is 12.2. The Kier molecular flexibility index (Phi) is 5.59. The summed E-state index contributed by atoms with van der Waals surface area (Å²) in [7, 11) is -4.12. The number of aryl methyl sites for hydroxylation is 1. The Balaban J connectivity index is 2.94. The lowest BCUT2D eigenvalue weighted by atomic mass is 10.0. The van der Waals surface area contributed by atoms with Gasteiger partial charge in [0.1, 0.15) is 5.60 Å². The minimum absolute atomic E-state index is 0.00481.